The van der Waals surface area contributed by atoms with Gasteiger partial charge < -0.3 is 24.8 Å². The lowest BCUT2D eigenvalue weighted by molar-refractivity contribution is -0.150. The minimum Gasteiger partial charge on any atom is -0.493 e. The molecule has 8 nitrogen and oxygen atoms in total. The van der Waals surface area contributed by atoms with Crippen LogP contribution in [0.3, 0.4) is 0 Å². The lowest BCUT2D eigenvalue weighted by Gasteiger charge is -2.35. The van der Waals surface area contributed by atoms with E-state index in [4.69, 9.17) is 19.9 Å². The van der Waals surface area contributed by atoms with E-state index < -0.39 is 11.9 Å². The molecule has 1 aromatic rings. The van der Waals surface area contributed by atoms with Crippen LogP contribution in [-0.4, -0.2) is 55.6 Å². The summed E-state index contributed by atoms with van der Waals surface area (Å²) in [5.74, 6) is -0.591. The number of amides is 2. The number of likely N-dealkylation sites (tertiary alicyclic amines) is 1. The zero-order valence-corrected chi connectivity index (χ0v) is 16.9. The van der Waals surface area contributed by atoms with Crippen LogP contribution in [0.5, 0.6) is 11.5 Å². The van der Waals surface area contributed by atoms with Crippen molar-refractivity contribution in [1.29, 1.82) is 0 Å². The molecule has 8 heteroatoms. The molecule has 0 radical (unpaired) electrons. The number of benzene rings is 1. The second-order valence-electron chi connectivity index (χ2n) is 6.75. The maximum absolute atomic E-state index is 12.3. The highest BCUT2D eigenvalue weighted by molar-refractivity contribution is 5.89. The number of nitrogens with two attached hydrogens (primary N) is 1. The summed E-state index contributed by atoms with van der Waals surface area (Å²) in [6.45, 7) is 2.25. The smallest absolute Gasteiger partial charge is 0.331 e. The molecule has 1 fully saturated rings. The summed E-state index contributed by atoms with van der Waals surface area (Å²) >= 11 is 0. The van der Waals surface area contributed by atoms with Gasteiger partial charge in [-0.25, -0.2) is 4.79 Å². The van der Waals surface area contributed by atoms with Crippen LogP contribution in [0.25, 0.3) is 6.08 Å². The number of hydrogen-bond donors (Lipinski definition) is 1. The summed E-state index contributed by atoms with van der Waals surface area (Å²) in [6, 6.07) is 5.17. The van der Waals surface area contributed by atoms with E-state index in [1.807, 2.05) is 4.90 Å². The van der Waals surface area contributed by atoms with Gasteiger partial charge >= 0.3 is 5.97 Å². The topological polar surface area (TPSA) is 108 Å². The largest absolute Gasteiger partial charge is 0.493 e. The predicted octanol–water partition coefficient (Wildman–Crippen LogP) is 1.91. The van der Waals surface area contributed by atoms with Crippen LogP contribution >= 0.6 is 0 Å². The van der Waals surface area contributed by atoms with Gasteiger partial charge in [-0.15, -0.1) is 0 Å². The van der Waals surface area contributed by atoms with Crippen molar-refractivity contribution in [2.24, 2.45) is 5.73 Å². The Kier molecular flexibility index (Phi) is 8.51. The molecule has 1 aliphatic rings. The SMILES string of the molecule is CCC1CCCCN1C(=O)COC(=O)/C=C/c1ccc(OCC(N)=O)c(OC)c1. The van der Waals surface area contributed by atoms with Crippen molar-refractivity contribution in [2.75, 3.05) is 26.9 Å². The second kappa shape index (κ2) is 11.1. The molecular formula is C21H28N2O6. The van der Waals surface area contributed by atoms with Gasteiger partial charge in [-0.2, -0.15) is 0 Å². The quantitative estimate of drug-likeness (QED) is 0.497. The van der Waals surface area contributed by atoms with E-state index in [0.29, 0.717) is 23.6 Å². The minimum absolute atomic E-state index is 0.157. The highest BCUT2D eigenvalue weighted by Crippen LogP contribution is 2.28. The van der Waals surface area contributed by atoms with Crippen molar-refractivity contribution >= 4 is 23.9 Å². The molecule has 1 heterocycles. The molecule has 2 amide bonds. The number of nitrogens with zero attached hydrogens (tertiary/aromatic N) is 1. The first-order valence-electron chi connectivity index (χ1n) is 9.68. The van der Waals surface area contributed by atoms with Gasteiger partial charge in [0.1, 0.15) is 0 Å². The molecule has 0 aliphatic carbocycles. The van der Waals surface area contributed by atoms with Crippen molar-refractivity contribution in [2.45, 2.75) is 38.6 Å². The molecule has 0 saturated carbocycles. The fourth-order valence-corrected chi connectivity index (χ4v) is 3.24. The Bertz CT molecular complexity index is 762. The van der Waals surface area contributed by atoms with Gasteiger partial charge in [-0.3, -0.25) is 9.59 Å². The monoisotopic (exact) mass is 404 g/mol. The summed E-state index contributed by atoms with van der Waals surface area (Å²) < 4.78 is 15.6. The average molecular weight is 404 g/mol. The van der Waals surface area contributed by atoms with Gasteiger partial charge in [0.05, 0.1) is 7.11 Å². The van der Waals surface area contributed by atoms with Crippen LogP contribution < -0.4 is 15.2 Å². The van der Waals surface area contributed by atoms with E-state index in [1.54, 1.807) is 24.3 Å². The number of methoxy groups -OCH3 is 1. The minimum atomic E-state index is -0.601. The van der Waals surface area contributed by atoms with Crippen molar-refractivity contribution in [3.63, 3.8) is 0 Å². The molecule has 29 heavy (non-hydrogen) atoms. The summed E-state index contributed by atoms with van der Waals surface area (Å²) in [4.78, 5) is 36.9. The first-order chi connectivity index (χ1) is 13.9. The molecule has 1 saturated heterocycles. The zero-order chi connectivity index (χ0) is 21.2. The van der Waals surface area contributed by atoms with Gasteiger partial charge in [0.25, 0.3) is 11.8 Å². The summed E-state index contributed by atoms with van der Waals surface area (Å²) in [6.07, 6.45) is 6.80. The normalized spacial score (nSPS) is 16.5. The zero-order valence-electron chi connectivity index (χ0n) is 16.9. The van der Waals surface area contributed by atoms with Crippen molar-refractivity contribution in [3.8, 4) is 11.5 Å². The Labute approximate surface area is 170 Å². The third kappa shape index (κ3) is 6.81. The summed E-state index contributed by atoms with van der Waals surface area (Å²) in [5, 5.41) is 0. The van der Waals surface area contributed by atoms with Crippen molar-refractivity contribution in [3.05, 3.63) is 29.8 Å². The second-order valence-corrected chi connectivity index (χ2v) is 6.75. The van der Waals surface area contributed by atoms with E-state index in [-0.39, 0.29) is 25.2 Å². The molecule has 1 aliphatic heterocycles. The number of hydrogen-bond acceptors (Lipinski definition) is 6. The number of ether oxygens (including phenoxy) is 3. The number of carbonyl (C=O) groups excluding carboxylic acids is 3. The molecule has 0 bridgehead atoms. The van der Waals surface area contributed by atoms with E-state index in [2.05, 4.69) is 6.92 Å². The molecule has 1 atom stereocenters. The van der Waals surface area contributed by atoms with Crippen LogP contribution in [0.1, 0.15) is 38.2 Å². The Hall–Kier alpha value is -3.03. The summed E-state index contributed by atoms with van der Waals surface area (Å²) in [7, 11) is 1.46. The van der Waals surface area contributed by atoms with Crippen LogP contribution in [-0.2, 0) is 19.1 Å². The molecule has 2 rings (SSSR count). The van der Waals surface area contributed by atoms with Crippen LogP contribution in [0.2, 0.25) is 0 Å². The maximum atomic E-state index is 12.3. The fourth-order valence-electron chi connectivity index (χ4n) is 3.24. The first kappa shape index (κ1) is 22.3. The summed E-state index contributed by atoms with van der Waals surface area (Å²) in [5.41, 5.74) is 5.73. The van der Waals surface area contributed by atoms with Crippen LogP contribution in [0.4, 0.5) is 0 Å². The van der Waals surface area contributed by atoms with E-state index >= 15 is 0 Å². The third-order valence-electron chi connectivity index (χ3n) is 4.73. The van der Waals surface area contributed by atoms with Crippen molar-refractivity contribution in [1.82, 2.24) is 4.90 Å². The van der Waals surface area contributed by atoms with Gasteiger partial charge in [0.2, 0.25) is 0 Å². The lowest BCUT2D eigenvalue weighted by atomic mass is 10.00. The molecule has 0 spiro atoms. The molecule has 1 aromatic carbocycles. The molecular weight excluding hydrogens is 376 g/mol. The number of carbonyl (C=O) groups is 3. The number of rotatable bonds is 9. The van der Waals surface area contributed by atoms with E-state index in [0.717, 1.165) is 25.7 Å². The number of primary amides is 1. The van der Waals surface area contributed by atoms with Gasteiger partial charge in [-0.1, -0.05) is 13.0 Å². The van der Waals surface area contributed by atoms with Crippen LogP contribution in [0.15, 0.2) is 24.3 Å². The Morgan fingerprint density at radius 3 is 2.69 bits per heavy atom. The Morgan fingerprint density at radius 2 is 2.00 bits per heavy atom. The van der Waals surface area contributed by atoms with E-state index in [9.17, 15) is 14.4 Å². The lowest BCUT2D eigenvalue weighted by Crippen LogP contribution is -2.45. The molecule has 2 N–H and O–H groups in total. The third-order valence-corrected chi connectivity index (χ3v) is 4.73. The molecule has 158 valence electrons. The highest BCUT2D eigenvalue weighted by Gasteiger charge is 2.25. The van der Waals surface area contributed by atoms with Gasteiger partial charge in [-0.05, 0) is 49.5 Å². The first-order valence-corrected chi connectivity index (χ1v) is 9.68. The standard InChI is InChI=1S/C21H28N2O6/c1-3-16-6-4-5-11-23(16)20(25)14-29-21(26)10-8-15-7-9-17(18(12-15)27-2)28-13-19(22)24/h7-10,12,16H,3-6,11,13-14H2,1-2H3,(H2,22,24)/b10-8+. The van der Waals surface area contributed by atoms with Crippen LogP contribution in [0, 0.1) is 0 Å². The Morgan fingerprint density at radius 1 is 1.21 bits per heavy atom. The predicted molar refractivity (Wildman–Crippen MR) is 107 cm³/mol. The van der Waals surface area contributed by atoms with Gasteiger partial charge in [0, 0.05) is 18.7 Å². The maximum Gasteiger partial charge on any atom is 0.331 e. The fraction of sp³-hybridized carbons (Fsp3) is 0.476. The van der Waals surface area contributed by atoms with Gasteiger partial charge in [0.15, 0.2) is 24.7 Å². The average Bonchev–Trinajstić information content (AvgIpc) is 2.74. The molecule has 1 unspecified atom stereocenters. The van der Waals surface area contributed by atoms with Crippen molar-refractivity contribution < 1.29 is 28.6 Å². The number of piperidine rings is 1. The number of esters is 1. The molecule has 0 aromatic heterocycles. The Balaban J connectivity index is 1.89. The highest BCUT2D eigenvalue weighted by atomic mass is 16.5. The van der Waals surface area contributed by atoms with E-state index in [1.165, 1.54) is 13.2 Å².